The highest BCUT2D eigenvalue weighted by atomic mass is 16.5. The second-order valence-electron chi connectivity index (χ2n) is 7.01. The van der Waals surface area contributed by atoms with E-state index in [1.807, 2.05) is 36.1 Å². The number of benzene rings is 1. The summed E-state index contributed by atoms with van der Waals surface area (Å²) in [5.41, 5.74) is 0.942. The highest BCUT2D eigenvalue weighted by Gasteiger charge is 2.29. The van der Waals surface area contributed by atoms with Gasteiger partial charge in [-0.1, -0.05) is 6.07 Å². The molecule has 1 aromatic rings. The van der Waals surface area contributed by atoms with Gasteiger partial charge in [0.2, 0.25) is 5.91 Å². The lowest BCUT2D eigenvalue weighted by atomic mass is 10.1. The van der Waals surface area contributed by atoms with Gasteiger partial charge in [0.15, 0.2) is 11.5 Å². The summed E-state index contributed by atoms with van der Waals surface area (Å²) < 4.78 is 10.9. The first kappa shape index (κ1) is 18.8. The van der Waals surface area contributed by atoms with Gasteiger partial charge in [-0.25, -0.2) is 0 Å². The summed E-state index contributed by atoms with van der Waals surface area (Å²) in [7, 11) is 1.63. The second kappa shape index (κ2) is 9.08. The Morgan fingerprint density at radius 2 is 2.00 bits per heavy atom. The lowest BCUT2D eigenvalue weighted by Gasteiger charge is -2.27. The van der Waals surface area contributed by atoms with E-state index in [9.17, 15) is 4.79 Å². The largest absolute Gasteiger partial charge is 0.493 e. The Bertz CT molecular complexity index is 638. The molecule has 0 saturated carbocycles. The average Bonchev–Trinajstić information content (AvgIpc) is 3.32. The van der Waals surface area contributed by atoms with Crippen molar-refractivity contribution >= 4 is 12.0 Å². The summed E-state index contributed by atoms with van der Waals surface area (Å²) in [6.45, 7) is 6.78. The van der Waals surface area contributed by atoms with E-state index in [4.69, 9.17) is 9.47 Å². The van der Waals surface area contributed by atoms with E-state index < -0.39 is 0 Å². The summed E-state index contributed by atoms with van der Waals surface area (Å²) >= 11 is 0. The number of nitrogens with zero attached hydrogens (tertiary/aromatic N) is 2. The van der Waals surface area contributed by atoms with Crippen LogP contribution in [0.4, 0.5) is 0 Å². The zero-order valence-corrected chi connectivity index (χ0v) is 15.9. The summed E-state index contributed by atoms with van der Waals surface area (Å²) in [6.07, 6.45) is 8.37. The van der Waals surface area contributed by atoms with Crippen LogP contribution in [0.2, 0.25) is 0 Å². The summed E-state index contributed by atoms with van der Waals surface area (Å²) in [6, 6.07) is 6.09. The fourth-order valence-corrected chi connectivity index (χ4v) is 3.91. The number of amides is 1. The number of likely N-dealkylation sites (tertiary alicyclic amines) is 2. The maximum Gasteiger partial charge on any atom is 0.246 e. The summed E-state index contributed by atoms with van der Waals surface area (Å²) in [5, 5.41) is 0. The van der Waals surface area contributed by atoms with Crippen molar-refractivity contribution in [2.75, 3.05) is 39.9 Å². The van der Waals surface area contributed by atoms with E-state index in [1.54, 1.807) is 13.2 Å². The van der Waals surface area contributed by atoms with Crippen LogP contribution in [0.15, 0.2) is 24.3 Å². The first-order valence-corrected chi connectivity index (χ1v) is 9.73. The summed E-state index contributed by atoms with van der Waals surface area (Å²) in [4.78, 5) is 17.2. The SMILES string of the molecule is CCOc1cc(/C=C/C(=O)N2CCCC2CN2CCCC2)ccc1OC. The molecule has 142 valence electrons. The minimum Gasteiger partial charge on any atom is -0.493 e. The highest BCUT2D eigenvalue weighted by molar-refractivity contribution is 5.92. The van der Waals surface area contributed by atoms with Crippen LogP contribution in [0, 0.1) is 0 Å². The predicted octanol–water partition coefficient (Wildman–Crippen LogP) is 3.19. The number of hydrogen-bond donors (Lipinski definition) is 0. The first-order chi connectivity index (χ1) is 12.7. The number of methoxy groups -OCH3 is 1. The van der Waals surface area contributed by atoms with Gasteiger partial charge in [-0.05, 0) is 69.5 Å². The van der Waals surface area contributed by atoms with Crippen molar-refractivity contribution in [1.82, 2.24) is 9.80 Å². The molecule has 5 heteroatoms. The van der Waals surface area contributed by atoms with E-state index in [0.29, 0.717) is 24.1 Å². The maximum atomic E-state index is 12.7. The van der Waals surface area contributed by atoms with Crippen LogP contribution >= 0.6 is 0 Å². The van der Waals surface area contributed by atoms with Crippen LogP contribution in [0.1, 0.15) is 38.2 Å². The van der Waals surface area contributed by atoms with Crippen molar-refractivity contribution in [3.63, 3.8) is 0 Å². The topological polar surface area (TPSA) is 42.0 Å². The molecule has 1 aromatic carbocycles. The molecule has 1 unspecified atom stereocenters. The Balaban J connectivity index is 1.63. The molecular formula is C21H30N2O3. The quantitative estimate of drug-likeness (QED) is 0.702. The molecule has 5 nitrogen and oxygen atoms in total. The third kappa shape index (κ3) is 4.58. The maximum absolute atomic E-state index is 12.7. The molecule has 2 fully saturated rings. The smallest absolute Gasteiger partial charge is 0.246 e. The highest BCUT2D eigenvalue weighted by Crippen LogP contribution is 2.28. The molecule has 0 bridgehead atoms. The van der Waals surface area contributed by atoms with Gasteiger partial charge >= 0.3 is 0 Å². The fraction of sp³-hybridized carbons (Fsp3) is 0.571. The van der Waals surface area contributed by atoms with Crippen molar-refractivity contribution in [3.8, 4) is 11.5 Å². The Hall–Kier alpha value is -2.01. The van der Waals surface area contributed by atoms with Gasteiger partial charge in [0.1, 0.15) is 0 Å². The number of rotatable bonds is 7. The first-order valence-electron chi connectivity index (χ1n) is 9.73. The molecular weight excluding hydrogens is 328 g/mol. The Morgan fingerprint density at radius 3 is 2.73 bits per heavy atom. The minimum atomic E-state index is 0.112. The number of hydrogen-bond acceptors (Lipinski definition) is 4. The van der Waals surface area contributed by atoms with Crippen LogP contribution in [0.25, 0.3) is 6.08 Å². The van der Waals surface area contributed by atoms with Crippen molar-refractivity contribution in [2.24, 2.45) is 0 Å². The molecule has 0 radical (unpaired) electrons. The number of carbonyl (C=O) groups is 1. The molecule has 2 aliphatic heterocycles. The predicted molar refractivity (Wildman–Crippen MR) is 104 cm³/mol. The van der Waals surface area contributed by atoms with Crippen LogP contribution in [-0.4, -0.2) is 61.6 Å². The second-order valence-corrected chi connectivity index (χ2v) is 7.01. The van der Waals surface area contributed by atoms with Crippen LogP contribution in [0.5, 0.6) is 11.5 Å². The van der Waals surface area contributed by atoms with E-state index >= 15 is 0 Å². The molecule has 2 saturated heterocycles. The van der Waals surface area contributed by atoms with Gasteiger partial charge < -0.3 is 19.3 Å². The van der Waals surface area contributed by atoms with E-state index in [0.717, 1.165) is 31.5 Å². The van der Waals surface area contributed by atoms with Crippen LogP contribution in [0.3, 0.4) is 0 Å². The Labute approximate surface area is 156 Å². The van der Waals surface area contributed by atoms with Crippen molar-refractivity contribution < 1.29 is 14.3 Å². The van der Waals surface area contributed by atoms with Gasteiger partial charge in [0.05, 0.1) is 13.7 Å². The standard InChI is InChI=1S/C21H30N2O3/c1-3-26-20-15-17(8-10-19(20)25-2)9-11-21(24)23-14-6-7-18(23)16-22-12-4-5-13-22/h8-11,15,18H,3-7,12-14,16H2,1-2H3/b11-9+. The lowest BCUT2D eigenvalue weighted by molar-refractivity contribution is -0.127. The van der Waals surface area contributed by atoms with Crippen molar-refractivity contribution in [2.45, 2.75) is 38.6 Å². The zero-order valence-electron chi connectivity index (χ0n) is 15.9. The Morgan fingerprint density at radius 1 is 1.19 bits per heavy atom. The molecule has 3 rings (SSSR count). The average molecular weight is 358 g/mol. The lowest BCUT2D eigenvalue weighted by Crippen LogP contribution is -2.41. The van der Waals surface area contributed by atoms with Gasteiger partial charge in [0.25, 0.3) is 0 Å². The molecule has 2 heterocycles. The van der Waals surface area contributed by atoms with Gasteiger partial charge in [-0.15, -0.1) is 0 Å². The van der Waals surface area contributed by atoms with Crippen LogP contribution in [-0.2, 0) is 4.79 Å². The normalized spacial score (nSPS) is 20.8. The number of ether oxygens (including phenoxy) is 2. The molecule has 1 atom stereocenters. The molecule has 2 aliphatic rings. The van der Waals surface area contributed by atoms with E-state index in [1.165, 1.54) is 25.9 Å². The third-order valence-corrected chi connectivity index (χ3v) is 5.23. The van der Waals surface area contributed by atoms with Gasteiger partial charge in [0, 0.05) is 25.2 Å². The monoisotopic (exact) mass is 358 g/mol. The van der Waals surface area contributed by atoms with Crippen molar-refractivity contribution in [3.05, 3.63) is 29.8 Å². The summed E-state index contributed by atoms with van der Waals surface area (Å²) in [5.74, 6) is 1.53. The molecule has 0 N–H and O–H groups in total. The molecule has 26 heavy (non-hydrogen) atoms. The minimum absolute atomic E-state index is 0.112. The van der Waals surface area contributed by atoms with Gasteiger partial charge in [-0.2, -0.15) is 0 Å². The molecule has 0 spiro atoms. The van der Waals surface area contributed by atoms with E-state index in [-0.39, 0.29) is 5.91 Å². The Kier molecular flexibility index (Phi) is 6.56. The van der Waals surface area contributed by atoms with Crippen LogP contribution < -0.4 is 9.47 Å². The zero-order chi connectivity index (χ0) is 18.4. The molecule has 0 aliphatic carbocycles. The van der Waals surface area contributed by atoms with Gasteiger partial charge in [-0.3, -0.25) is 4.79 Å². The van der Waals surface area contributed by atoms with E-state index in [2.05, 4.69) is 4.90 Å². The third-order valence-electron chi connectivity index (χ3n) is 5.23. The molecule has 1 amide bonds. The fourth-order valence-electron chi connectivity index (χ4n) is 3.91. The van der Waals surface area contributed by atoms with Crippen molar-refractivity contribution in [1.29, 1.82) is 0 Å². The number of carbonyl (C=O) groups excluding carboxylic acids is 1. The molecule has 0 aromatic heterocycles.